The third-order valence-electron chi connectivity index (χ3n) is 2.35. The van der Waals surface area contributed by atoms with Gasteiger partial charge in [0.25, 0.3) is 0 Å². The third kappa shape index (κ3) is 4.55. The Labute approximate surface area is 112 Å². The van der Waals surface area contributed by atoms with Crippen molar-refractivity contribution < 1.29 is 8.42 Å². The van der Waals surface area contributed by atoms with Crippen LogP contribution < -0.4 is 5.32 Å². The maximum Gasteiger partial charge on any atom is 0.152 e. The molecule has 18 heavy (non-hydrogen) atoms. The molecule has 0 spiro atoms. The zero-order valence-corrected chi connectivity index (χ0v) is 11.7. The van der Waals surface area contributed by atoms with Gasteiger partial charge in [-0.1, -0.05) is 18.5 Å². The van der Waals surface area contributed by atoms with Gasteiger partial charge in [0.15, 0.2) is 9.84 Å². The maximum absolute atomic E-state index is 11.5. The molecular weight excluding hydrogens is 272 g/mol. The Hall–Kier alpha value is -1.25. The molecule has 1 aromatic carbocycles. The molecule has 0 aliphatic carbocycles. The van der Waals surface area contributed by atoms with Crippen molar-refractivity contribution >= 4 is 27.1 Å². The minimum atomic E-state index is -3.01. The second kappa shape index (κ2) is 6.62. The monoisotopic (exact) mass is 286 g/mol. The summed E-state index contributed by atoms with van der Waals surface area (Å²) in [5.74, 6) is 0.244. The summed E-state index contributed by atoms with van der Waals surface area (Å²) in [6, 6.07) is 6.87. The van der Waals surface area contributed by atoms with Crippen molar-refractivity contribution in [3.05, 3.63) is 28.8 Å². The van der Waals surface area contributed by atoms with E-state index >= 15 is 0 Å². The first-order valence-corrected chi connectivity index (χ1v) is 7.82. The lowest BCUT2D eigenvalue weighted by Crippen LogP contribution is -2.18. The highest BCUT2D eigenvalue weighted by molar-refractivity contribution is 7.91. The lowest BCUT2D eigenvalue weighted by molar-refractivity contribution is 0.595. The molecule has 1 rings (SSSR count). The van der Waals surface area contributed by atoms with Gasteiger partial charge in [0.1, 0.15) is 6.07 Å². The molecule has 0 radical (unpaired) electrons. The van der Waals surface area contributed by atoms with Crippen molar-refractivity contribution in [2.45, 2.75) is 13.3 Å². The Morgan fingerprint density at radius 3 is 2.72 bits per heavy atom. The summed E-state index contributed by atoms with van der Waals surface area (Å²) in [6.45, 7) is 2.10. The van der Waals surface area contributed by atoms with Crippen LogP contribution in [0, 0.1) is 11.3 Å². The highest BCUT2D eigenvalue weighted by Gasteiger charge is 2.09. The second-order valence-electron chi connectivity index (χ2n) is 3.88. The fraction of sp³-hybridized carbons (Fsp3) is 0.417. The molecule has 4 nitrogen and oxygen atoms in total. The van der Waals surface area contributed by atoms with E-state index in [0.29, 0.717) is 22.7 Å². The van der Waals surface area contributed by atoms with Crippen molar-refractivity contribution in [2.24, 2.45) is 0 Å². The van der Waals surface area contributed by atoms with Gasteiger partial charge < -0.3 is 5.32 Å². The van der Waals surface area contributed by atoms with E-state index in [1.54, 1.807) is 18.2 Å². The number of anilines is 1. The molecular formula is C12H15ClN2O2S. The molecule has 0 aliphatic heterocycles. The SMILES string of the molecule is CCCS(=O)(=O)CCNc1cc(Cl)ccc1C#N. The predicted molar refractivity (Wildman–Crippen MR) is 73.6 cm³/mol. The van der Waals surface area contributed by atoms with Gasteiger partial charge in [0.2, 0.25) is 0 Å². The molecule has 0 unspecified atom stereocenters. The minimum absolute atomic E-state index is 0.0538. The fourth-order valence-electron chi connectivity index (χ4n) is 1.51. The molecule has 1 aromatic rings. The summed E-state index contributed by atoms with van der Waals surface area (Å²) in [4.78, 5) is 0. The largest absolute Gasteiger partial charge is 0.383 e. The van der Waals surface area contributed by atoms with Gasteiger partial charge in [0, 0.05) is 17.3 Å². The molecule has 98 valence electrons. The number of sulfone groups is 1. The average molecular weight is 287 g/mol. The average Bonchev–Trinajstić information content (AvgIpc) is 2.29. The van der Waals surface area contributed by atoms with E-state index in [4.69, 9.17) is 16.9 Å². The zero-order valence-electron chi connectivity index (χ0n) is 10.1. The Balaban J connectivity index is 2.65. The van der Waals surface area contributed by atoms with Gasteiger partial charge in [-0.25, -0.2) is 8.42 Å². The lowest BCUT2D eigenvalue weighted by atomic mass is 10.2. The van der Waals surface area contributed by atoms with Crippen LogP contribution in [0.1, 0.15) is 18.9 Å². The van der Waals surface area contributed by atoms with E-state index in [-0.39, 0.29) is 18.1 Å². The highest BCUT2D eigenvalue weighted by atomic mass is 35.5. The fourth-order valence-corrected chi connectivity index (χ4v) is 2.93. The Bertz CT molecular complexity index is 550. The molecule has 0 amide bonds. The molecule has 0 atom stereocenters. The van der Waals surface area contributed by atoms with Crippen molar-refractivity contribution in [2.75, 3.05) is 23.4 Å². The number of nitrogens with one attached hydrogen (secondary N) is 1. The quantitative estimate of drug-likeness (QED) is 0.872. The van der Waals surface area contributed by atoms with E-state index in [9.17, 15) is 8.42 Å². The summed E-state index contributed by atoms with van der Waals surface area (Å²) in [7, 11) is -3.01. The summed E-state index contributed by atoms with van der Waals surface area (Å²) in [5.41, 5.74) is 1.02. The summed E-state index contributed by atoms with van der Waals surface area (Å²) in [6.07, 6.45) is 0.614. The lowest BCUT2D eigenvalue weighted by Gasteiger charge is -2.08. The first-order chi connectivity index (χ1) is 8.48. The third-order valence-corrected chi connectivity index (χ3v) is 4.44. The molecule has 0 bridgehead atoms. The molecule has 0 aliphatic rings. The molecule has 1 N–H and O–H groups in total. The normalized spacial score (nSPS) is 10.9. The van der Waals surface area contributed by atoms with Crippen LogP contribution in [0.2, 0.25) is 5.02 Å². The number of nitriles is 1. The standard InChI is InChI=1S/C12H15ClN2O2S/c1-2-6-18(16,17)7-5-15-12-8-11(13)4-3-10(12)9-14/h3-4,8,15H,2,5-7H2,1H3. The predicted octanol–water partition coefficient (Wildman–Crippen LogP) is 2.45. The number of halogens is 1. The van der Waals surface area contributed by atoms with Gasteiger partial charge in [-0.2, -0.15) is 5.26 Å². The first-order valence-electron chi connectivity index (χ1n) is 5.62. The molecule has 0 fully saturated rings. The highest BCUT2D eigenvalue weighted by Crippen LogP contribution is 2.20. The van der Waals surface area contributed by atoms with Crippen LogP contribution in [0.4, 0.5) is 5.69 Å². The van der Waals surface area contributed by atoms with Gasteiger partial charge in [-0.3, -0.25) is 0 Å². The first kappa shape index (κ1) is 14.8. The van der Waals surface area contributed by atoms with Crippen LogP contribution in [0.15, 0.2) is 18.2 Å². The van der Waals surface area contributed by atoms with Gasteiger partial charge in [-0.15, -0.1) is 0 Å². The smallest absolute Gasteiger partial charge is 0.152 e. The molecule has 0 aromatic heterocycles. The van der Waals surface area contributed by atoms with E-state index in [1.807, 2.05) is 13.0 Å². The minimum Gasteiger partial charge on any atom is -0.383 e. The Morgan fingerprint density at radius 1 is 1.39 bits per heavy atom. The number of hydrogen-bond donors (Lipinski definition) is 1. The van der Waals surface area contributed by atoms with E-state index < -0.39 is 9.84 Å². The van der Waals surface area contributed by atoms with Gasteiger partial charge in [0.05, 0.1) is 17.0 Å². The zero-order chi connectivity index (χ0) is 13.6. The van der Waals surface area contributed by atoms with E-state index in [2.05, 4.69) is 5.32 Å². The Morgan fingerprint density at radius 2 is 2.11 bits per heavy atom. The number of rotatable bonds is 6. The van der Waals surface area contributed by atoms with Crippen LogP contribution in [-0.4, -0.2) is 26.5 Å². The van der Waals surface area contributed by atoms with Gasteiger partial charge in [-0.05, 0) is 24.6 Å². The van der Waals surface area contributed by atoms with Gasteiger partial charge >= 0.3 is 0 Å². The maximum atomic E-state index is 11.5. The van der Waals surface area contributed by atoms with E-state index in [0.717, 1.165) is 0 Å². The van der Waals surface area contributed by atoms with Crippen LogP contribution in [-0.2, 0) is 9.84 Å². The van der Waals surface area contributed by atoms with Crippen LogP contribution in [0.25, 0.3) is 0 Å². The molecule has 0 saturated heterocycles. The summed E-state index contributed by atoms with van der Waals surface area (Å²) in [5, 5.41) is 12.3. The van der Waals surface area contributed by atoms with Crippen molar-refractivity contribution in [1.82, 2.24) is 0 Å². The van der Waals surface area contributed by atoms with Crippen molar-refractivity contribution in [3.8, 4) is 6.07 Å². The summed E-state index contributed by atoms with van der Waals surface area (Å²) < 4.78 is 23.0. The number of hydrogen-bond acceptors (Lipinski definition) is 4. The van der Waals surface area contributed by atoms with Crippen LogP contribution in [0.5, 0.6) is 0 Å². The van der Waals surface area contributed by atoms with E-state index in [1.165, 1.54) is 0 Å². The molecule has 6 heteroatoms. The topological polar surface area (TPSA) is 70.0 Å². The van der Waals surface area contributed by atoms with Crippen LogP contribution >= 0.6 is 11.6 Å². The summed E-state index contributed by atoms with van der Waals surface area (Å²) >= 11 is 5.82. The molecule has 0 heterocycles. The van der Waals surface area contributed by atoms with Crippen LogP contribution in [0.3, 0.4) is 0 Å². The number of nitrogens with zero attached hydrogens (tertiary/aromatic N) is 1. The van der Waals surface area contributed by atoms with Crippen molar-refractivity contribution in [3.63, 3.8) is 0 Å². The Kier molecular flexibility index (Phi) is 5.45. The molecule has 0 saturated carbocycles. The number of benzene rings is 1. The second-order valence-corrected chi connectivity index (χ2v) is 6.62. The van der Waals surface area contributed by atoms with Crippen molar-refractivity contribution in [1.29, 1.82) is 5.26 Å².